The molecular formula is C28H44N2O2. The highest BCUT2D eigenvalue weighted by Gasteiger charge is 2.14. The van der Waals surface area contributed by atoms with Crippen molar-refractivity contribution in [3.63, 3.8) is 0 Å². The van der Waals surface area contributed by atoms with Crippen molar-refractivity contribution in [3.8, 4) is 0 Å². The maximum absolute atomic E-state index is 5.96. The van der Waals surface area contributed by atoms with Crippen LogP contribution in [-0.4, -0.2) is 38.4 Å². The van der Waals surface area contributed by atoms with Crippen molar-refractivity contribution in [2.24, 2.45) is 11.8 Å². The van der Waals surface area contributed by atoms with Crippen molar-refractivity contribution in [1.29, 1.82) is 0 Å². The lowest BCUT2D eigenvalue weighted by Crippen LogP contribution is -2.40. The van der Waals surface area contributed by atoms with Gasteiger partial charge in [0, 0.05) is 12.1 Å². The van der Waals surface area contributed by atoms with Crippen LogP contribution < -0.4 is 10.6 Å². The molecule has 0 heterocycles. The number of rotatable bonds is 17. The largest absolute Gasteiger partial charge is 0.375 e. The zero-order valence-corrected chi connectivity index (χ0v) is 20.6. The number of nitrogens with one attached hydrogen (secondary N) is 2. The Hall–Kier alpha value is -1.72. The van der Waals surface area contributed by atoms with Crippen molar-refractivity contribution < 1.29 is 9.47 Å². The Morgan fingerprint density at radius 2 is 0.969 bits per heavy atom. The Morgan fingerprint density at radius 3 is 1.31 bits per heavy atom. The van der Waals surface area contributed by atoms with E-state index in [1.807, 2.05) is 12.1 Å². The predicted octanol–water partition coefficient (Wildman–Crippen LogP) is 5.43. The first-order valence-corrected chi connectivity index (χ1v) is 12.3. The van der Waals surface area contributed by atoms with E-state index in [-0.39, 0.29) is 0 Å². The molecule has 0 fully saturated rings. The van der Waals surface area contributed by atoms with Gasteiger partial charge in [-0.05, 0) is 48.9 Å². The molecule has 2 aromatic carbocycles. The third kappa shape index (κ3) is 11.2. The molecule has 178 valence electrons. The summed E-state index contributed by atoms with van der Waals surface area (Å²) in [5, 5.41) is 7.38. The highest BCUT2D eigenvalue weighted by molar-refractivity contribution is 5.14. The van der Waals surface area contributed by atoms with Crippen LogP contribution in [0.15, 0.2) is 60.7 Å². The van der Waals surface area contributed by atoms with E-state index in [1.165, 1.54) is 11.1 Å². The molecule has 2 N–H and O–H groups in total. The van der Waals surface area contributed by atoms with E-state index in [4.69, 9.17) is 9.47 Å². The van der Waals surface area contributed by atoms with Gasteiger partial charge < -0.3 is 20.1 Å². The first-order valence-electron chi connectivity index (χ1n) is 12.3. The normalized spacial score (nSPS) is 13.6. The highest BCUT2D eigenvalue weighted by Crippen LogP contribution is 2.08. The van der Waals surface area contributed by atoms with Crippen molar-refractivity contribution >= 4 is 0 Å². The van der Waals surface area contributed by atoms with Gasteiger partial charge in [-0.1, -0.05) is 88.4 Å². The first kappa shape index (κ1) is 26.5. The Bertz CT molecular complexity index is 630. The molecule has 4 heteroatoms. The highest BCUT2D eigenvalue weighted by atomic mass is 16.5. The van der Waals surface area contributed by atoms with Gasteiger partial charge in [0.05, 0.1) is 26.4 Å². The smallest absolute Gasteiger partial charge is 0.0717 e. The van der Waals surface area contributed by atoms with Crippen LogP contribution in [0.4, 0.5) is 0 Å². The van der Waals surface area contributed by atoms with E-state index >= 15 is 0 Å². The summed E-state index contributed by atoms with van der Waals surface area (Å²) in [5.74, 6) is 1.10. The minimum absolute atomic E-state index is 0.390. The van der Waals surface area contributed by atoms with Crippen LogP contribution in [0.2, 0.25) is 0 Å². The zero-order valence-electron chi connectivity index (χ0n) is 20.6. The quantitative estimate of drug-likeness (QED) is 0.322. The summed E-state index contributed by atoms with van der Waals surface area (Å²) in [7, 11) is 0. The lowest BCUT2D eigenvalue weighted by molar-refractivity contribution is 0.0848. The molecule has 0 unspecified atom stereocenters. The van der Waals surface area contributed by atoms with Crippen molar-refractivity contribution in [2.45, 2.75) is 65.8 Å². The molecule has 0 spiro atoms. The van der Waals surface area contributed by atoms with Crippen LogP contribution in [0.3, 0.4) is 0 Å². The van der Waals surface area contributed by atoms with Crippen molar-refractivity contribution in [1.82, 2.24) is 10.6 Å². The molecule has 0 bridgehead atoms. The molecule has 32 heavy (non-hydrogen) atoms. The molecule has 0 aromatic heterocycles. The molecule has 0 aliphatic rings. The lowest BCUT2D eigenvalue weighted by Gasteiger charge is -2.24. The third-order valence-electron chi connectivity index (χ3n) is 5.84. The Kier molecular flexibility index (Phi) is 13.2. The molecule has 0 saturated heterocycles. The van der Waals surface area contributed by atoms with Gasteiger partial charge in [-0.15, -0.1) is 0 Å². The molecule has 0 radical (unpaired) electrons. The summed E-state index contributed by atoms with van der Waals surface area (Å²) < 4.78 is 11.9. The average Bonchev–Trinajstić information content (AvgIpc) is 2.79. The Morgan fingerprint density at radius 1 is 0.594 bits per heavy atom. The Labute approximate surface area is 196 Å². The van der Waals surface area contributed by atoms with Crippen LogP contribution in [0.5, 0.6) is 0 Å². The Balaban J connectivity index is 1.56. The molecule has 4 nitrogen and oxygen atoms in total. The summed E-state index contributed by atoms with van der Waals surface area (Å²) >= 11 is 0. The molecule has 2 aromatic rings. The molecule has 0 aliphatic heterocycles. The number of hydrogen-bond donors (Lipinski definition) is 2. The summed E-state index contributed by atoms with van der Waals surface area (Å²) in [6, 6.07) is 21.6. The molecule has 2 rings (SSSR count). The SMILES string of the molecule is CC(C)[C@@H](COCc1ccccc1)NCCCCN[C@H](COCc1ccccc1)C(C)C. The van der Waals surface area contributed by atoms with Gasteiger partial charge >= 0.3 is 0 Å². The number of benzene rings is 2. The molecular weight excluding hydrogens is 396 g/mol. The maximum Gasteiger partial charge on any atom is 0.0717 e. The van der Waals surface area contributed by atoms with Gasteiger partial charge in [0.1, 0.15) is 0 Å². The van der Waals surface area contributed by atoms with E-state index in [2.05, 4.69) is 86.9 Å². The fraction of sp³-hybridized carbons (Fsp3) is 0.571. The van der Waals surface area contributed by atoms with Crippen LogP contribution in [-0.2, 0) is 22.7 Å². The molecule has 0 amide bonds. The van der Waals surface area contributed by atoms with Crippen LogP contribution in [0.25, 0.3) is 0 Å². The zero-order chi connectivity index (χ0) is 23.0. The minimum Gasteiger partial charge on any atom is -0.375 e. The molecule has 2 atom stereocenters. The standard InChI is InChI=1S/C28H44N2O2/c1-23(2)27(21-31-19-25-13-7-5-8-14-25)29-17-11-12-18-30-28(24(3)4)22-32-20-26-15-9-6-10-16-26/h5-10,13-16,23-24,27-30H,11-12,17-22H2,1-4H3/t27-,28-/m1/s1. The maximum atomic E-state index is 5.96. The monoisotopic (exact) mass is 440 g/mol. The fourth-order valence-corrected chi connectivity index (χ4v) is 3.56. The van der Waals surface area contributed by atoms with E-state index in [1.54, 1.807) is 0 Å². The van der Waals surface area contributed by atoms with Gasteiger partial charge in [-0.3, -0.25) is 0 Å². The van der Waals surface area contributed by atoms with Gasteiger partial charge in [0.15, 0.2) is 0 Å². The summed E-state index contributed by atoms with van der Waals surface area (Å²) in [5.41, 5.74) is 2.46. The summed E-state index contributed by atoms with van der Waals surface area (Å²) in [6.45, 7) is 13.9. The van der Waals surface area contributed by atoms with Crippen molar-refractivity contribution in [3.05, 3.63) is 71.8 Å². The van der Waals surface area contributed by atoms with E-state index in [0.29, 0.717) is 37.1 Å². The van der Waals surface area contributed by atoms with E-state index in [0.717, 1.165) is 39.1 Å². The second-order valence-corrected chi connectivity index (χ2v) is 9.32. The summed E-state index contributed by atoms with van der Waals surface area (Å²) in [4.78, 5) is 0. The van der Waals surface area contributed by atoms with Crippen molar-refractivity contribution in [2.75, 3.05) is 26.3 Å². The van der Waals surface area contributed by atoms with E-state index < -0.39 is 0 Å². The van der Waals surface area contributed by atoms with Crippen LogP contribution >= 0.6 is 0 Å². The second-order valence-electron chi connectivity index (χ2n) is 9.32. The lowest BCUT2D eigenvalue weighted by atomic mass is 10.0. The summed E-state index contributed by atoms with van der Waals surface area (Å²) in [6.07, 6.45) is 2.31. The van der Waals surface area contributed by atoms with Gasteiger partial charge in [-0.2, -0.15) is 0 Å². The molecule has 0 aliphatic carbocycles. The number of unbranched alkanes of at least 4 members (excludes halogenated alkanes) is 1. The predicted molar refractivity (Wildman–Crippen MR) is 135 cm³/mol. The van der Waals surface area contributed by atoms with E-state index in [9.17, 15) is 0 Å². The van der Waals surface area contributed by atoms with Gasteiger partial charge in [-0.25, -0.2) is 0 Å². The second kappa shape index (κ2) is 16.0. The average molecular weight is 441 g/mol. The van der Waals surface area contributed by atoms with Gasteiger partial charge in [0.25, 0.3) is 0 Å². The number of hydrogen-bond acceptors (Lipinski definition) is 4. The topological polar surface area (TPSA) is 42.5 Å². The number of ether oxygens (including phenoxy) is 2. The van der Waals surface area contributed by atoms with Crippen LogP contribution in [0.1, 0.15) is 51.7 Å². The first-order chi connectivity index (χ1) is 15.6. The third-order valence-corrected chi connectivity index (χ3v) is 5.84. The fourth-order valence-electron chi connectivity index (χ4n) is 3.56. The minimum atomic E-state index is 0.390. The van der Waals surface area contributed by atoms with Gasteiger partial charge in [0.2, 0.25) is 0 Å². The molecule has 0 saturated carbocycles. The van der Waals surface area contributed by atoms with Crippen LogP contribution in [0, 0.1) is 11.8 Å².